The highest BCUT2D eigenvalue weighted by atomic mass is 32.2. The molecule has 3 nitrogen and oxygen atoms in total. The van der Waals surface area contributed by atoms with E-state index in [9.17, 15) is 13.2 Å². The van der Waals surface area contributed by atoms with Gasteiger partial charge in [-0.25, -0.2) is 17.6 Å². The molecular weight excluding hydrogens is 426 g/mol. The third-order valence-corrected chi connectivity index (χ3v) is 6.23. The third kappa shape index (κ3) is 5.06. The van der Waals surface area contributed by atoms with Crippen molar-refractivity contribution in [1.29, 1.82) is 0 Å². The van der Waals surface area contributed by atoms with Gasteiger partial charge in [-0.05, 0) is 42.0 Å². The van der Waals surface area contributed by atoms with Crippen LogP contribution in [0.2, 0.25) is 0 Å². The van der Waals surface area contributed by atoms with E-state index in [0.29, 0.717) is 18.3 Å². The summed E-state index contributed by atoms with van der Waals surface area (Å²) in [6.45, 7) is 7.51. The van der Waals surface area contributed by atoms with Gasteiger partial charge in [-0.1, -0.05) is 32.7 Å². The number of nitrogens with zero attached hydrogens (tertiary/aromatic N) is 2. The van der Waals surface area contributed by atoms with Crippen molar-refractivity contribution < 1.29 is 17.6 Å². The Morgan fingerprint density at radius 2 is 1.90 bits per heavy atom. The molecule has 4 rings (SSSR count). The minimum Gasteiger partial charge on any atom is -0.347 e. The molecule has 0 bridgehead atoms. The van der Waals surface area contributed by atoms with E-state index in [4.69, 9.17) is 0 Å². The van der Waals surface area contributed by atoms with Gasteiger partial charge in [0, 0.05) is 46.6 Å². The second-order valence-corrected chi connectivity index (χ2v) is 10.4. The van der Waals surface area contributed by atoms with Crippen molar-refractivity contribution in [3.05, 3.63) is 53.5 Å². The fourth-order valence-electron chi connectivity index (χ4n) is 3.64. The van der Waals surface area contributed by atoms with Gasteiger partial charge in [0.25, 0.3) is 6.43 Å². The number of aromatic nitrogens is 2. The van der Waals surface area contributed by atoms with Gasteiger partial charge in [0.2, 0.25) is 0 Å². The number of pyridine rings is 1. The Balaban J connectivity index is 1.82. The maximum Gasteiger partial charge on any atom is 0.280 e. The topological polar surface area (TPSA) is 29.9 Å². The molecular formula is C23H25F4N3S. The molecule has 1 fully saturated rings. The first-order valence-electron chi connectivity index (χ1n) is 10.3. The fourth-order valence-corrected chi connectivity index (χ4v) is 4.48. The molecule has 2 aromatic heterocycles. The van der Waals surface area contributed by atoms with E-state index < -0.39 is 23.8 Å². The summed E-state index contributed by atoms with van der Waals surface area (Å²) in [6, 6.07) is 3.82. The Kier molecular flexibility index (Phi) is 6.05. The standard InChI is InChI=1S/C23H25F4N3S/c1-23(2,3)12-30-11-13(9-29-31-15-4-5-15)16-7-19(25)17(8-20(16)30)18-6-14(24)10-28-21(18)22(26)27/h6-8,10-11,15,22,29H,4-5,9,12H2,1-3H3. The van der Waals surface area contributed by atoms with Crippen LogP contribution in [-0.4, -0.2) is 14.8 Å². The van der Waals surface area contributed by atoms with E-state index in [1.807, 2.05) is 10.8 Å². The van der Waals surface area contributed by atoms with Crippen LogP contribution in [-0.2, 0) is 13.1 Å². The normalized spacial score (nSPS) is 14.7. The lowest BCUT2D eigenvalue weighted by Crippen LogP contribution is -2.14. The van der Waals surface area contributed by atoms with Gasteiger partial charge in [-0.15, -0.1) is 0 Å². The van der Waals surface area contributed by atoms with Crippen LogP contribution in [0.4, 0.5) is 17.6 Å². The quantitative estimate of drug-likeness (QED) is 0.314. The zero-order chi connectivity index (χ0) is 22.3. The monoisotopic (exact) mass is 451 g/mol. The molecule has 0 aliphatic heterocycles. The van der Waals surface area contributed by atoms with Crippen molar-refractivity contribution in [2.75, 3.05) is 0 Å². The number of fused-ring (bicyclic) bond motifs is 1. The SMILES string of the molecule is CC(C)(C)Cn1cc(CNSC2CC2)c2cc(F)c(-c3cc(F)cnc3C(F)F)cc21. The molecule has 1 aliphatic rings. The van der Waals surface area contributed by atoms with Crippen molar-refractivity contribution in [3.8, 4) is 11.1 Å². The largest absolute Gasteiger partial charge is 0.347 e. The first-order chi connectivity index (χ1) is 14.6. The summed E-state index contributed by atoms with van der Waals surface area (Å²) >= 11 is 1.69. The fraction of sp³-hybridized carbons (Fsp3) is 0.435. The second-order valence-electron chi connectivity index (χ2n) is 9.22. The molecule has 0 radical (unpaired) electrons. The van der Waals surface area contributed by atoms with E-state index in [1.165, 1.54) is 25.0 Å². The van der Waals surface area contributed by atoms with Crippen molar-refractivity contribution in [3.63, 3.8) is 0 Å². The van der Waals surface area contributed by atoms with Crippen molar-refractivity contribution in [1.82, 2.24) is 14.3 Å². The van der Waals surface area contributed by atoms with Crippen LogP contribution in [0.3, 0.4) is 0 Å². The van der Waals surface area contributed by atoms with Crippen LogP contribution in [0.1, 0.15) is 51.3 Å². The second kappa shape index (κ2) is 8.47. The lowest BCUT2D eigenvalue weighted by atomic mass is 9.96. The van der Waals surface area contributed by atoms with Crippen LogP contribution in [0.15, 0.2) is 30.6 Å². The molecule has 0 unspecified atom stereocenters. The smallest absolute Gasteiger partial charge is 0.280 e. The van der Waals surface area contributed by atoms with Crippen molar-refractivity contribution in [2.24, 2.45) is 5.41 Å². The minimum atomic E-state index is -2.94. The van der Waals surface area contributed by atoms with Crippen LogP contribution < -0.4 is 4.72 Å². The van der Waals surface area contributed by atoms with Crippen molar-refractivity contribution in [2.45, 2.75) is 58.4 Å². The molecule has 31 heavy (non-hydrogen) atoms. The number of rotatable bonds is 7. The zero-order valence-corrected chi connectivity index (χ0v) is 18.5. The lowest BCUT2D eigenvalue weighted by molar-refractivity contribution is 0.146. The average molecular weight is 452 g/mol. The summed E-state index contributed by atoms with van der Waals surface area (Å²) in [7, 11) is 0. The van der Waals surface area contributed by atoms with Crippen molar-refractivity contribution >= 4 is 22.9 Å². The molecule has 1 aliphatic carbocycles. The Hall–Kier alpha value is -2.06. The molecule has 1 N–H and O–H groups in total. The maximum atomic E-state index is 15.1. The van der Waals surface area contributed by atoms with Gasteiger partial charge in [0.15, 0.2) is 0 Å². The number of alkyl halides is 2. The molecule has 0 amide bonds. The molecule has 0 spiro atoms. The molecule has 0 atom stereocenters. The summed E-state index contributed by atoms with van der Waals surface area (Å²) in [6.07, 6.45) is 2.18. The van der Waals surface area contributed by atoms with Gasteiger partial charge < -0.3 is 4.57 Å². The average Bonchev–Trinajstić information content (AvgIpc) is 3.44. The molecule has 166 valence electrons. The van der Waals surface area contributed by atoms with Gasteiger partial charge in [0.1, 0.15) is 17.3 Å². The highest BCUT2D eigenvalue weighted by molar-refractivity contribution is 7.98. The van der Waals surface area contributed by atoms with Gasteiger partial charge in [-0.2, -0.15) is 0 Å². The molecule has 3 aromatic rings. The summed E-state index contributed by atoms with van der Waals surface area (Å²) in [5.74, 6) is -1.46. The summed E-state index contributed by atoms with van der Waals surface area (Å²) in [4.78, 5) is 3.51. The van der Waals surface area contributed by atoms with Gasteiger partial charge in [-0.3, -0.25) is 9.71 Å². The molecule has 0 saturated heterocycles. The van der Waals surface area contributed by atoms with Crippen LogP contribution in [0.5, 0.6) is 0 Å². The zero-order valence-electron chi connectivity index (χ0n) is 17.7. The van der Waals surface area contributed by atoms with Gasteiger partial charge in [0.05, 0.1) is 6.20 Å². The number of hydrogen-bond donors (Lipinski definition) is 1. The van der Waals surface area contributed by atoms with E-state index in [2.05, 4.69) is 30.5 Å². The van der Waals surface area contributed by atoms with E-state index in [1.54, 1.807) is 11.9 Å². The summed E-state index contributed by atoms with van der Waals surface area (Å²) in [5.41, 5.74) is 0.684. The molecule has 2 heterocycles. The summed E-state index contributed by atoms with van der Waals surface area (Å²) in [5, 5.41) is 1.36. The highest BCUT2D eigenvalue weighted by Crippen LogP contribution is 2.37. The summed E-state index contributed by atoms with van der Waals surface area (Å²) < 4.78 is 61.3. The Morgan fingerprint density at radius 1 is 1.16 bits per heavy atom. The minimum absolute atomic E-state index is 0.0531. The van der Waals surface area contributed by atoms with E-state index in [-0.39, 0.29) is 16.5 Å². The molecule has 1 aromatic carbocycles. The Morgan fingerprint density at radius 3 is 2.55 bits per heavy atom. The number of halogens is 4. The number of nitrogens with one attached hydrogen (secondary N) is 1. The molecule has 8 heteroatoms. The van der Waals surface area contributed by atoms with Crippen LogP contribution >= 0.6 is 11.9 Å². The maximum absolute atomic E-state index is 15.1. The molecule has 1 saturated carbocycles. The number of benzene rings is 1. The van der Waals surface area contributed by atoms with Gasteiger partial charge >= 0.3 is 0 Å². The first kappa shape index (κ1) is 22.1. The Labute approximate surface area is 183 Å². The van der Waals surface area contributed by atoms with E-state index >= 15 is 4.39 Å². The van der Waals surface area contributed by atoms with E-state index in [0.717, 1.165) is 28.7 Å². The first-order valence-corrected chi connectivity index (χ1v) is 11.1. The predicted molar refractivity (Wildman–Crippen MR) is 117 cm³/mol. The predicted octanol–water partition coefficient (Wildman–Crippen LogP) is 6.87. The lowest BCUT2D eigenvalue weighted by Gasteiger charge is -2.20. The number of hydrogen-bond acceptors (Lipinski definition) is 3. The highest BCUT2D eigenvalue weighted by Gasteiger charge is 2.24. The Bertz CT molecular complexity index is 1100. The van der Waals surface area contributed by atoms with Crippen LogP contribution in [0, 0.1) is 17.0 Å². The third-order valence-electron chi connectivity index (χ3n) is 5.12. The van der Waals surface area contributed by atoms with Crippen LogP contribution in [0.25, 0.3) is 22.0 Å².